The van der Waals surface area contributed by atoms with E-state index in [0.717, 1.165) is 43.0 Å². The molecule has 0 saturated carbocycles. The largest absolute Gasteiger partial charge is 0.444 e. The topological polar surface area (TPSA) is 97.4 Å². The molecule has 42 heavy (non-hydrogen) atoms. The zero-order valence-corrected chi connectivity index (χ0v) is 26.3. The van der Waals surface area contributed by atoms with Crippen LogP contribution in [0.4, 0.5) is 21.4 Å². The van der Waals surface area contributed by atoms with E-state index in [2.05, 4.69) is 22.2 Å². The molecule has 2 aromatic rings. The lowest BCUT2D eigenvalue weighted by molar-refractivity contribution is 0.0223. The summed E-state index contributed by atoms with van der Waals surface area (Å²) in [5, 5.41) is 4.59. The van der Waals surface area contributed by atoms with Crippen molar-refractivity contribution in [2.45, 2.75) is 45.9 Å². The van der Waals surface area contributed by atoms with Gasteiger partial charge in [0.25, 0.3) is 0 Å². The van der Waals surface area contributed by atoms with Gasteiger partial charge in [-0.1, -0.05) is 29.3 Å². The van der Waals surface area contributed by atoms with Crippen LogP contribution in [0.1, 0.15) is 37.6 Å². The number of rotatable bonds is 4. The number of likely N-dealkylation sites (N-methyl/N-ethyl adjacent to an activating group) is 1. The van der Waals surface area contributed by atoms with Crippen molar-refractivity contribution in [3.63, 3.8) is 0 Å². The van der Waals surface area contributed by atoms with Crippen molar-refractivity contribution in [2.75, 3.05) is 76.2 Å². The maximum atomic E-state index is 13.1. The second-order valence-electron chi connectivity index (χ2n) is 12.1. The van der Waals surface area contributed by atoms with Gasteiger partial charge in [0.2, 0.25) is 5.95 Å². The number of aromatic nitrogens is 2. The number of anilines is 2. The van der Waals surface area contributed by atoms with Gasteiger partial charge >= 0.3 is 12.1 Å². The number of piperazine rings is 2. The van der Waals surface area contributed by atoms with E-state index in [1.807, 2.05) is 36.6 Å². The van der Waals surface area contributed by atoms with Crippen molar-refractivity contribution in [1.29, 1.82) is 0 Å². The Morgan fingerprint density at radius 3 is 2.24 bits per heavy atom. The molecule has 3 aliphatic heterocycles. The summed E-state index contributed by atoms with van der Waals surface area (Å²) in [6, 6.07) is 5.51. The van der Waals surface area contributed by atoms with Crippen LogP contribution in [0.15, 0.2) is 18.2 Å². The van der Waals surface area contributed by atoms with Gasteiger partial charge in [-0.2, -0.15) is 4.98 Å². The van der Waals surface area contributed by atoms with E-state index < -0.39 is 5.60 Å². The SMILES string of the molecule is CN1CCN(C(=O)N2CCN(c3nc4c(c(NCc5ccc(Cl)cc5Cl)n3)CN(C(=O)OC(C)(C)C)CC4)CC2)CC1. The second kappa shape index (κ2) is 12.7. The van der Waals surface area contributed by atoms with Crippen molar-refractivity contribution in [3.8, 4) is 0 Å². The summed E-state index contributed by atoms with van der Waals surface area (Å²) in [6.07, 6.45) is 0.229. The highest BCUT2D eigenvalue weighted by atomic mass is 35.5. The minimum Gasteiger partial charge on any atom is -0.444 e. The molecule has 11 nitrogen and oxygen atoms in total. The normalized spacial score (nSPS) is 18.1. The lowest BCUT2D eigenvalue weighted by atomic mass is 10.1. The Morgan fingerprint density at radius 2 is 1.60 bits per heavy atom. The summed E-state index contributed by atoms with van der Waals surface area (Å²) in [7, 11) is 2.08. The zero-order chi connectivity index (χ0) is 30.0. The number of hydrogen-bond acceptors (Lipinski definition) is 8. The number of ether oxygens (including phenoxy) is 1. The number of halogens is 2. The van der Waals surface area contributed by atoms with E-state index in [1.165, 1.54) is 0 Å². The highest BCUT2D eigenvalue weighted by Crippen LogP contribution is 2.29. The summed E-state index contributed by atoms with van der Waals surface area (Å²) in [5.41, 5.74) is 2.06. The number of carbonyl (C=O) groups is 2. The molecule has 0 radical (unpaired) electrons. The third-order valence-electron chi connectivity index (χ3n) is 7.77. The predicted molar refractivity (Wildman–Crippen MR) is 164 cm³/mol. The molecule has 0 atom stereocenters. The Bertz CT molecular complexity index is 1300. The van der Waals surface area contributed by atoms with E-state index in [1.54, 1.807) is 17.0 Å². The second-order valence-corrected chi connectivity index (χ2v) is 12.9. The molecule has 0 bridgehead atoms. The molecule has 0 aliphatic carbocycles. The van der Waals surface area contributed by atoms with Crippen molar-refractivity contribution < 1.29 is 14.3 Å². The average molecular weight is 620 g/mol. The standard InChI is InChI=1S/C29H40Cl2N8O3/c1-29(2,3)42-28(41)39-8-7-24-22(19-39)25(32-18-20-5-6-21(30)17-23(20)31)34-26(33-24)36-13-15-38(16-14-36)27(40)37-11-9-35(4)10-12-37/h5-6,17H,7-16,18-19H2,1-4H3,(H,32,33,34). The van der Waals surface area contributed by atoms with Crippen molar-refractivity contribution >= 4 is 47.1 Å². The van der Waals surface area contributed by atoms with Crippen LogP contribution in [-0.4, -0.2) is 113 Å². The van der Waals surface area contributed by atoms with Crippen LogP contribution in [0.3, 0.4) is 0 Å². The molecule has 4 heterocycles. The third kappa shape index (κ3) is 7.30. The van der Waals surface area contributed by atoms with Gasteiger partial charge in [0.15, 0.2) is 0 Å². The minimum absolute atomic E-state index is 0.110. The maximum absolute atomic E-state index is 13.1. The number of fused-ring (bicyclic) bond motifs is 1. The quantitative estimate of drug-likeness (QED) is 0.545. The Kier molecular flexibility index (Phi) is 9.20. The lowest BCUT2D eigenvalue weighted by Crippen LogP contribution is -2.56. The van der Waals surface area contributed by atoms with Crippen LogP contribution < -0.4 is 10.2 Å². The first kappa shape index (κ1) is 30.4. The molecular weight excluding hydrogens is 579 g/mol. The van der Waals surface area contributed by atoms with Crippen molar-refractivity contribution in [2.24, 2.45) is 0 Å². The van der Waals surface area contributed by atoms with E-state index in [0.29, 0.717) is 74.0 Å². The summed E-state index contributed by atoms with van der Waals surface area (Å²) in [6.45, 7) is 12.7. The number of hydrogen-bond donors (Lipinski definition) is 1. The maximum Gasteiger partial charge on any atom is 0.410 e. The fourth-order valence-corrected chi connectivity index (χ4v) is 5.79. The highest BCUT2D eigenvalue weighted by molar-refractivity contribution is 6.35. The van der Waals surface area contributed by atoms with Gasteiger partial charge in [-0.25, -0.2) is 14.6 Å². The molecule has 3 aliphatic rings. The van der Waals surface area contributed by atoms with Gasteiger partial charge in [-0.3, -0.25) is 0 Å². The molecule has 1 aromatic carbocycles. The van der Waals surface area contributed by atoms with E-state index in [9.17, 15) is 9.59 Å². The van der Waals surface area contributed by atoms with Gasteiger partial charge in [0.05, 0.1) is 12.2 Å². The van der Waals surface area contributed by atoms with Gasteiger partial charge in [0, 0.05) is 87.5 Å². The first-order valence-electron chi connectivity index (χ1n) is 14.5. The highest BCUT2D eigenvalue weighted by Gasteiger charge is 2.32. The number of nitrogens with zero attached hydrogens (tertiary/aromatic N) is 7. The van der Waals surface area contributed by atoms with E-state index in [-0.39, 0.29) is 12.1 Å². The zero-order valence-electron chi connectivity index (χ0n) is 24.8. The molecule has 1 aromatic heterocycles. The molecule has 228 valence electrons. The minimum atomic E-state index is -0.585. The van der Waals surface area contributed by atoms with Crippen LogP contribution in [0.2, 0.25) is 10.0 Å². The number of nitrogens with one attached hydrogen (secondary N) is 1. The molecule has 5 rings (SSSR count). The summed E-state index contributed by atoms with van der Waals surface area (Å²) < 4.78 is 5.64. The fraction of sp³-hybridized carbons (Fsp3) is 0.586. The molecular formula is C29H40Cl2N8O3. The molecule has 0 unspecified atom stereocenters. The number of carbonyl (C=O) groups excluding carboxylic acids is 2. The molecule has 2 fully saturated rings. The Morgan fingerprint density at radius 1 is 0.929 bits per heavy atom. The monoisotopic (exact) mass is 618 g/mol. The first-order chi connectivity index (χ1) is 20.0. The van der Waals surface area contributed by atoms with E-state index in [4.69, 9.17) is 37.9 Å². The molecule has 2 saturated heterocycles. The van der Waals surface area contributed by atoms with Crippen molar-refractivity contribution in [1.82, 2.24) is 29.6 Å². The Balaban J connectivity index is 1.33. The first-order valence-corrected chi connectivity index (χ1v) is 15.3. The summed E-state index contributed by atoms with van der Waals surface area (Å²) in [4.78, 5) is 45.8. The third-order valence-corrected chi connectivity index (χ3v) is 8.36. The van der Waals surface area contributed by atoms with Crippen LogP contribution >= 0.6 is 23.2 Å². The van der Waals surface area contributed by atoms with Gasteiger partial charge in [-0.15, -0.1) is 0 Å². The van der Waals surface area contributed by atoms with Crippen LogP contribution in [0.5, 0.6) is 0 Å². The average Bonchev–Trinajstić information content (AvgIpc) is 2.95. The molecule has 1 N–H and O–H groups in total. The van der Waals surface area contributed by atoms with Crippen LogP contribution in [-0.2, 0) is 24.2 Å². The van der Waals surface area contributed by atoms with Crippen LogP contribution in [0.25, 0.3) is 0 Å². The number of benzene rings is 1. The van der Waals surface area contributed by atoms with Gasteiger partial charge in [-0.05, 0) is 45.5 Å². The van der Waals surface area contributed by atoms with E-state index >= 15 is 0 Å². The van der Waals surface area contributed by atoms with Gasteiger partial charge in [0.1, 0.15) is 11.4 Å². The summed E-state index contributed by atoms with van der Waals surface area (Å²) in [5.74, 6) is 1.28. The molecule has 3 amide bonds. The Hall–Kier alpha value is -3.02. The lowest BCUT2D eigenvalue weighted by Gasteiger charge is -2.40. The van der Waals surface area contributed by atoms with Crippen LogP contribution in [0, 0.1) is 0 Å². The van der Waals surface area contributed by atoms with Gasteiger partial charge < -0.3 is 34.6 Å². The Labute approximate surface area is 257 Å². The predicted octanol–water partition coefficient (Wildman–Crippen LogP) is 4.18. The number of urea groups is 1. The molecule has 0 spiro atoms. The smallest absolute Gasteiger partial charge is 0.410 e. The van der Waals surface area contributed by atoms with Crippen molar-refractivity contribution in [3.05, 3.63) is 45.1 Å². The summed E-state index contributed by atoms with van der Waals surface area (Å²) >= 11 is 12.5. The fourth-order valence-electron chi connectivity index (χ4n) is 5.31. The molecule has 13 heteroatoms. The number of amides is 3.